The first-order valence-corrected chi connectivity index (χ1v) is 4.65. The Labute approximate surface area is 95.3 Å². The van der Waals surface area contributed by atoms with E-state index < -0.39 is 0 Å². The summed E-state index contributed by atoms with van der Waals surface area (Å²) in [5, 5.41) is 0. The smallest absolute Gasteiger partial charge is 0 e. The second-order valence-corrected chi connectivity index (χ2v) is 3.15. The van der Waals surface area contributed by atoms with Crippen molar-refractivity contribution in [1.82, 2.24) is 0 Å². The zero-order valence-corrected chi connectivity index (χ0v) is 10.5. The quantitative estimate of drug-likeness (QED) is 0.660. The zero-order valence-electron chi connectivity index (χ0n) is 8.06. The molecule has 0 radical (unpaired) electrons. The summed E-state index contributed by atoms with van der Waals surface area (Å²) in [6.07, 6.45) is 12.6. The van der Waals surface area contributed by atoms with Gasteiger partial charge in [-0.25, -0.2) is 6.08 Å². The molecule has 0 nitrogen and oxygen atoms in total. The summed E-state index contributed by atoms with van der Waals surface area (Å²) in [4.78, 5) is 0. The molecule has 0 aromatic rings. The van der Waals surface area contributed by atoms with Crippen LogP contribution in [0.2, 0.25) is 0 Å². The molecule has 66 valence electrons. The van der Waals surface area contributed by atoms with E-state index in [1.807, 2.05) is 0 Å². The first kappa shape index (κ1) is 12.4. The van der Waals surface area contributed by atoms with Crippen molar-refractivity contribution >= 4 is 0 Å². The Morgan fingerprint density at radius 1 is 1.50 bits per heavy atom. The molecule has 1 heteroatoms. The third kappa shape index (κ3) is 3.39. The number of allylic oxidation sites excluding steroid dienone is 4. The second-order valence-electron chi connectivity index (χ2n) is 3.15. The average molecular weight is 240 g/mol. The molecule has 0 amide bonds. The van der Waals surface area contributed by atoms with Gasteiger partial charge in [-0.15, -0.1) is 6.42 Å². The fourth-order valence-corrected chi connectivity index (χ4v) is 1.65. The third-order valence-corrected chi connectivity index (χ3v) is 2.33. The van der Waals surface area contributed by atoms with Crippen molar-refractivity contribution in [1.29, 1.82) is 0 Å². The van der Waals surface area contributed by atoms with Crippen LogP contribution >= 0.6 is 0 Å². The summed E-state index contributed by atoms with van der Waals surface area (Å²) in [5.74, 6) is 0.801. The maximum atomic E-state index is 3.23. The van der Waals surface area contributed by atoms with Crippen molar-refractivity contribution in [3.05, 3.63) is 23.8 Å². The second kappa shape index (κ2) is 6.83. The van der Waals surface area contributed by atoms with E-state index >= 15 is 0 Å². The molecule has 0 aliphatic heterocycles. The summed E-state index contributed by atoms with van der Waals surface area (Å²) in [5.41, 5.74) is 1.52. The monoisotopic (exact) mass is 239 g/mol. The van der Waals surface area contributed by atoms with Gasteiger partial charge in [0, 0.05) is 26.2 Å². The molecule has 0 saturated heterocycles. The van der Waals surface area contributed by atoms with Crippen LogP contribution in [0, 0.1) is 12.0 Å². The fourth-order valence-electron chi connectivity index (χ4n) is 1.65. The predicted octanol–water partition coefficient (Wildman–Crippen LogP) is 3.50. The fraction of sp³-hybridized carbons (Fsp3) is 0.636. The SMILES string of the molecule is CCCC(CC)C1=CC[C-]=C1.[Zr]. The van der Waals surface area contributed by atoms with Crippen molar-refractivity contribution in [2.45, 2.75) is 39.5 Å². The van der Waals surface area contributed by atoms with Gasteiger partial charge < -0.3 is 0 Å². The molecule has 12 heavy (non-hydrogen) atoms. The normalized spacial score (nSPS) is 17.0. The van der Waals surface area contributed by atoms with Crippen LogP contribution in [0.15, 0.2) is 17.7 Å². The van der Waals surface area contributed by atoms with E-state index in [2.05, 4.69) is 32.1 Å². The molecule has 0 spiro atoms. The van der Waals surface area contributed by atoms with Crippen molar-refractivity contribution in [2.75, 3.05) is 0 Å². The Balaban J connectivity index is 0.00000121. The van der Waals surface area contributed by atoms with Crippen LogP contribution in [0.25, 0.3) is 0 Å². The summed E-state index contributed by atoms with van der Waals surface area (Å²) in [6.45, 7) is 4.53. The van der Waals surface area contributed by atoms with E-state index in [4.69, 9.17) is 0 Å². The summed E-state index contributed by atoms with van der Waals surface area (Å²) >= 11 is 0. The third-order valence-electron chi connectivity index (χ3n) is 2.33. The minimum absolute atomic E-state index is 0. The van der Waals surface area contributed by atoms with Gasteiger partial charge in [0.25, 0.3) is 0 Å². The molecule has 0 aromatic heterocycles. The largest absolute Gasteiger partial charge is 0.273 e. The van der Waals surface area contributed by atoms with Gasteiger partial charge in [0.2, 0.25) is 0 Å². The van der Waals surface area contributed by atoms with Gasteiger partial charge in [0.1, 0.15) is 0 Å². The van der Waals surface area contributed by atoms with Gasteiger partial charge >= 0.3 is 0 Å². The van der Waals surface area contributed by atoms with Crippen LogP contribution in [-0.2, 0) is 26.2 Å². The zero-order chi connectivity index (χ0) is 8.10. The number of rotatable bonds is 4. The Bertz CT molecular complexity index is 168. The molecule has 1 unspecified atom stereocenters. The summed E-state index contributed by atoms with van der Waals surface area (Å²) < 4.78 is 0. The molecule has 0 bridgehead atoms. The van der Waals surface area contributed by atoms with Gasteiger partial charge in [0.05, 0.1) is 0 Å². The average Bonchev–Trinajstić information content (AvgIpc) is 2.52. The Morgan fingerprint density at radius 3 is 2.67 bits per heavy atom. The standard InChI is InChI=1S/C11H17.Zr/c1-3-7-10(4-2)11-8-5-6-9-11;/h8-10H,3-5,7H2,1-2H3;/q-1;. The Hall–Kier alpha value is 0.363. The summed E-state index contributed by atoms with van der Waals surface area (Å²) in [6, 6.07) is 0. The van der Waals surface area contributed by atoms with Gasteiger partial charge in [-0.2, -0.15) is 11.6 Å². The number of hydrogen-bond donors (Lipinski definition) is 0. The molecule has 1 atom stereocenters. The van der Waals surface area contributed by atoms with E-state index in [1.165, 1.54) is 24.8 Å². The van der Waals surface area contributed by atoms with Crippen LogP contribution in [0.1, 0.15) is 39.5 Å². The van der Waals surface area contributed by atoms with Gasteiger partial charge in [0.15, 0.2) is 0 Å². The van der Waals surface area contributed by atoms with E-state index in [0.29, 0.717) is 0 Å². The van der Waals surface area contributed by atoms with Crippen molar-refractivity contribution in [3.8, 4) is 0 Å². The Morgan fingerprint density at radius 2 is 2.25 bits per heavy atom. The topological polar surface area (TPSA) is 0 Å². The van der Waals surface area contributed by atoms with Crippen LogP contribution in [0.3, 0.4) is 0 Å². The summed E-state index contributed by atoms with van der Waals surface area (Å²) in [7, 11) is 0. The van der Waals surface area contributed by atoms with Crippen molar-refractivity contribution < 1.29 is 26.2 Å². The van der Waals surface area contributed by atoms with E-state index in [1.54, 1.807) is 0 Å². The molecule has 0 fully saturated rings. The van der Waals surface area contributed by atoms with E-state index in [-0.39, 0.29) is 26.2 Å². The van der Waals surface area contributed by atoms with Gasteiger partial charge in [-0.1, -0.05) is 39.0 Å². The van der Waals surface area contributed by atoms with Crippen LogP contribution in [0.5, 0.6) is 0 Å². The Kier molecular flexibility index (Phi) is 7.04. The molecule has 1 rings (SSSR count). The molecule has 0 heterocycles. The molecule has 1 aliphatic rings. The van der Waals surface area contributed by atoms with Crippen LogP contribution < -0.4 is 0 Å². The predicted molar refractivity (Wildman–Crippen MR) is 49.2 cm³/mol. The minimum Gasteiger partial charge on any atom is -0.273 e. The van der Waals surface area contributed by atoms with Crippen LogP contribution in [-0.4, -0.2) is 0 Å². The van der Waals surface area contributed by atoms with Gasteiger partial charge in [-0.05, 0) is 0 Å². The van der Waals surface area contributed by atoms with Crippen molar-refractivity contribution in [3.63, 3.8) is 0 Å². The molecule has 1 aliphatic carbocycles. The maximum absolute atomic E-state index is 3.23. The molecule has 0 aromatic carbocycles. The first-order chi connectivity index (χ1) is 5.38. The van der Waals surface area contributed by atoms with Crippen molar-refractivity contribution in [2.24, 2.45) is 5.92 Å². The van der Waals surface area contributed by atoms with Crippen LogP contribution in [0.4, 0.5) is 0 Å². The molecule has 0 saturated carbocycles. The van der Waals surface area contributed by atoms with E-state index in [9.17, 15) is 0 Å². The number of hydrogen-bond acceptors (Lipinski definition) is 0. The molecule has 0 N–H and O–H groups in total. The maximum Gasteiger partial charge on any atom is 0 e. The molecular weight excluding hydrogens is 223 g/mol. The first-order valence-electron chi connectivity index (χ1n) is 4.65. The van der Waals surface area contributed by atoms with Gasteiger partial charge in [-0.3, -0.25) is 6.08 Å². The molecular formula is C11H17Zr-. The minimum atomic E-state index is 0. The van der Waals surface area contributed by atoms with E-state index in [0.717, 1.165) is 12.3 Å².